The van der Waals surface area contributed by atoms with E-state index in [0.717, 1.165) is 0 Å². The van der Waals surface area contributed by atoms with Gasteiger partial charge in [0.25, 0.3) is 5.91 Å². The maximum absolute atomic E-state index is 12.2. The molecule has 2 rings (SSSR count). The standard InChI is InChI=1S/C16H19N3O3/c1-16(2,3)19-14(21)9-17-15(22)11-8-13(20)18-12-7-5-4-6-10(11)12/h4-8H,9H2,1-3H3,(H,17,22)(H,18,20)(H,19,21). The number of rotatable bonds is 3. The van der Waals surface area contributed by atoms with Crippen LogP contribution >= 0.6 is 0 Å². The summed E-state index contributed by atoms with van der Waals surface area (Å²) in [6.07, 6.45) is 0. The number of aromatic amines is 1. The third-order valence-corrected chi connectivity index (χ3v) is 2.92. The molecule has 22 heavy (non-hydrogen) atoms. The molecule has 0 unspecified atom stereocenters. The second-order valence-electron chi connectivity index (χ2n) is 6.07. The van der Waals surface area contributed by atoms with Crippen molar-refractivity contribution >= 4 is 22.7 Å². The first-order valence-electron chi connectivity index (χ1n) is 6.97. The number of H-pyrrole nitrogens is 1. The number of carbonyl (C=O) groups is 2. The Morgan fingerprint density at radius 2 is 1.86 bits per heavy atom. The number of amides is 2. The van der Waals surface area contributed by atoms with E-state index >= 15 is 0 Å². The van der Waals surface area contributed by atoms with Crippen molar-refractivity contribution in [2.75, 3.05) is 6.54 Å². The maximum Gasteiger partial charge on any atom is 0.252 e. The normalized spacial score (nSPS) is 11.2. The van der Waals surface area contributed by atoms with Crippen LogP contribution in [0, 0.1) is 0 Å². The van der Waals surface area contributed by atoms with Crippen LogP contribution in [0.4, 0.5) is 0 Å². The molecule has 0 aliphatic rings. The first-order chi connectivity index (χ1) is 10.3. The number of benzene rings is 1. The second-order valence-corrected chi connectivity index (χ2v) is 6.07. The van der Waals surface area contributed by atoms with E-state index in [1.807, 2.05) is 20.8 Å². The molecular weight excluding hydrogens is 282 g/mol. The van der Waals surface area contributed by atoms with Gasteiger partial charge in [-0.3, -0.25) is 14.4 Å². The lowest BCUT2D eigenvalue weighted by atomic mass is 10.1. The van der Waals surface area contributed by atoms with Gasteiger partial charge in [0.15, 0.2) is 0 Å². The van der Waals surface area contributed by atoms with E-state index in [0.29, 0.717) is 10.9 Å². The van der Waals surface area contributed by atoms with Crippen LogP contribution in [0.25, 0.3) is 10.9 Å². The highest BCUT2D eigenvalue weighted by atomic mass is 16.2. The van der Waals surface area contributed by atoms with E-state index in [1.165, 1.54) is 6.07 Å². The van der Waals surface area contributed by atoms with Crippen molar-refractivity contribution < 1.29 is 9.59 Å². The Morgan fingerprint density at radius 1 is 1.18 bits per heavy atom. The van der Waals surface area contributed by atoms with Crippen LogP contribution in [0.15, 0.2) is 35.1 Å². The van der Waals surface area contributed by atoms with Crippen molar-refractivity contribution in [2.24, 2.45) is 0 Å². The molecule has 3 N–H and O–H groups in total. The summed E-state index contributed by atoms with van der Waals surface area (Å²) in [6.45, 7) is 5.43. The minimum Gasteiger partial charge on any atom is -0.350 e. The molecule has 0 atom stereocenters. The Balaban J connectivity index is 2.17. The molecule has 0 aliphatic heterocycles. The van der Waals surface area contributed by atoms with Crippen molar-refractivity contribution in [3.8, 4) is 0 Å². The number of pyridine rings is 1. The smallest absolute Gasteiger partial charge is 0.252 e. The summed E-state index contributed by atoms with van der Waals surface area (Å²) in [5.41, 5.74) is 0.114. The SMILES string of the molecule is CC(C)(C)NC(=O)CNC(=O)c1cc(=O)[nH]c2ccccc12. The van der Waals surface area contributed by atoms with Crippen molar-refractivity contribution in [3.63, 3.8) is 0 Å². The summed E-state index contributed by atoms with van der Waals surface area (Å²) < 4.78 is 0. The van der Waals surface area contributed by atoms with Gasteiger partial charge in [-0.15, -0.1) is 0 Å². The van der Waals surface area contributed by atoms with Crippen LogP contribution in [0.2, 0.25) is 0 Å². The number of nitrogens with one attached hydrogen (secondary N) is 3. The Labute approximate surface area is 127 Å². The summed E-state index contributed by atoms with van der Waals surface area (Å²) >= 11 is 0. The van der Waals surface area contributed by atoms with E-state index in [1.54, 1.807) is 24.3 Å². The van der Waals surface area contributed by atoms with Crippen LogP contribution in [-0.2, 0) is 4.79 Å². The zero-order valence-electron chi connectivity index (χ0n) is 12.8. The quantitative estimate of drug-likeness (QED) is 0.795. The van der Waals surface area contributed by atoms with Crippen molar-refractivity contribution in [3.05, 3.63) is 46.2 Å². The summed E-state index contributed by atoms with van der Waals surface area (Å²) in [4.78, 5) is 38.3. The number of aromatic nitrogens is 1. The maximum atomic E-state index is 12.2. The summed E-state index contributed by atoms with van der Waals surface area (Å²) in [5, 5.41) is 5.92. The van der Waals surface area contributed by atoms with E-state index in [9.17, 15) is 14.4 Å². The first-order valence-corrected chi connectivity index (χ1v) is 6.97. The van der Waals surface area contributed by atoms with Gasteiger partial charge in [-0.1, -0.05) is 18.2 Å². The number of hydrogen-bond acceptors (Lipinski definition) is 3. The Morgan fingerprint density at radius 3 is 2.55 bits per heavy atom. The van der Waals surface area contributed by atoms with Crippen molar-refractivity contribution in [1.29, 1.82) is 0 Å². The third kappa shape index (κ3) is 3.94. The van der Waals surface area contributed by atoms with Crippen LogP contribution < -0.4 is 16.2 Å². The predicted molar refractivity (Wildman–Crippen MR) is 84.8 cm³/mol. The fourth-order valence-corrected chi connectivity index (χ4v) is 2.11. The molecule has 1 aromatic heterocycles. The fraction of sp³-hybridized carbons (Fsp3) is 0.312. The molecule has 0 radical (unpaired) electrons. The average Bonchev–Trinajstić information content (AvgIpc) is 2.42. The van der Waals surface area contributed by atoms with Gasteiger partial charge >= 0.3 is 0 Å². The highest BCUT2D eigenvalue weighted by Crippen LogP contribution is 2.14. The van der Waals surface area contributed by atoms with E-state index < -0.39 is 5.91 Å². The van der Waals surface area contributed by atoms with Gasteiger partial charge in [-0.25, -0.2) is 0 Å². The zero-order chi connectivity index (χ0) is 16.3. The number of para-hydroxylation sites is 1. The van der Waals surface area contributed by atoms with Crippen LogP contribution in [0.3, 0.4) is 0 Å². The highest BCUT2D eigenvalue weighted by molar-refractivity contribution is 6.06. The molecule has 0 fully saturated rings. The third-order valence-electron chi connectivity index (χ3n) is 2.92. The van der Waals surface area contributed by atoms with Crippen molar-refractivity contribution in [1.82, 2.24) is 15.6 Å². The highest BCUT2D eigenvalue weighted by Gasteiger charge is 2.16. The van der Waals surface area contributed by atoms with E-state index in [2.05, 4.69) is 15.6 Å². The molecule has 1 aromatic carbocycles. The molecular formula is C16H19N3O3. The molecule has 6 nitrogen and oxygen atoms in total. The Bertz CT molecular complexity index is 772. The lowest BCUT2D eigenvalue weighted by Crippen LogP contribution is -2.45. The van der Waals surface area contributed by atoms with Gasteiger partial charge in [0.1, 0.15) is 0 Å². The van der Waals surface area contributed by atoms with Gasteiger partial charge in [0.2, 0.25) is 11.5 Å². The second kappa shape index (κ2) is 6.01. The van der Waals surface area contributed by atoms with Gasteiger partial charge < -0.3 is 15.6 Å². The molecule has 0 saturated carbocycles. The number of carbonyl (C=O) groups excluding carboxylic acids is 2. The Hall–Kier alpha value is -2.63. The fourth-order valence-electron chi connectivity index (χ4n) is 2.11. The predicted octanol–water partition coefficient (Wildman–Crippen LogP) is 1.17. The number of hydrogen-bond donors (Lipinski definition) is 3. The molecule has 0 saturated heterocycles. The molecule has 0 spiro atoms. The first kappa shape index (κ1) is 15.8. The molecule has 2 amide bonds. The van der Waals surface area contributed by atoms with Crippen LogP contribution in [0.5, 0.6) is 0 Å². The molecule has 116 valence electrons. The molecule has 0 aliphatic carbocycles. The summed E-state index contributed by atoms with van der Waals surface area (Å²) in [7, 11) is 0. The monoisotopic (exact) mass is 301 g/mol. The van der Waals surface area contributed by atoms with E-state index in [4.69, 9.17) is 0 Å². The van der Waals surface area contributed by atoms with Gasteiger partial charge in [0.05, 0.1) is 12.1 Å². The lowest BCUT2D eigenvalue weighted by molar-refractivity contribution is -0.121. The Kier molecular flexibility index (Phi) is 4.30. The topological polar surface area (TPSA) is 91.1 Å². The zero-order valence-corrected chi connectivity index (χ0v) is 12.8. The van der Waals surface area contributed by atoms with Gasteiger partial charge in [-0.05, 0) is 26.8 Å². The molecule has 2 aromatic rings. The molecule has 6 heteroatoms. The minimum absolute atomic E-state index is 0.142. The van der Waals surface area contributed by atoms with E-state index in [-0.39, 0.29) is 29.1 Å². The minimum atomic E-state index is -0.452. The largest absolute Gasteiger partial charge is 0.350 e. The van der Waals surface area contributed by atoms with Crippen molar-refractivity contribution in [2.45, 2.75) is 26.3 Å². The molecule has 1 heterocycles. The lowest BCUT2D eigenvalue weighted by Gasteiger charge is -2.20. The van der Waals surface area contributed by atoms with Gasteiger partial charge in [0, 0.05) is 22.5 Å². The van der Waals surface area contributed by atoms with Gasteiger partial charge in [-0.2, -0.15) is 0 Å². The number of fused-ring (bicyclic) bond motifs is 1. The summed E-state index contributed by atoms with van der Waals surface area (Å²) in [6, 6.07) is 8.26. The summed E-state index contributed by atoms with van der Waals surface area (Å²) in [5.74, 6) is -0.735. The van der Waals surface area contributed by atoms with Crippen LogP contribution in [-0.4, -0.2) is 28.9 Å². The average molecular weight is 301 g/mol. The molecule has 0 bridgehead atoms. The van der Waals surface area contributed by atoms with Crippen LogP contribution in [0.1, 0.15) is 31.1 Å².